The molecule has 5 aromatic rings. The summed E-state index contributed by atoms with van der Waals surface area (Å²) in [5, 5.41) is 2.99. The predicted octanol–water partition coefficient (Wildman–Crippen LogP) is 4.71. The van der Waals surface area contributed by atoms with Gasteiger partial charge in [-0.15, -0.1) is 0 Å². The molecular formula is C28H21F3N6O3S. The van der Waals surface area contributed by atoms with E-state index in [1.165, 1.54) is 31.4 Å². The van der Waals surface area contributed by atoms with Crippen LogP contribution in [-0.4, -0.2) is 31.3 Å². The standard InChI is InChI=1S/C28H21F3N6O3S/c1-34-28(38)20-9-15(2-5-21(20)30)19-10-16-8-14(3-6-23(16)36-26(19)32)17-11-25(27(33)35-13-17)41(39,40)37-24-7-4-18(29)12-22(24)31/h2-13,37H,1H3,(H2,32,36)(H2,33,35)(H,34,38). The van der Waals surface area contributed by atoms with Gasteiger partial charge in [-0.3, -0.25) is 9.52 Å². The number of aromatic nitrogens is 2. The zero-order chi connectivity index (χ0) is 29.5. The molecule has 13 heteroatoms. The number of nitrogens with one attached hydrogen (secondary N) is 2. The predicted molar refractivity (Wildman–Crippen MR) is 150 cm³/mol. The Kier molecular flexibility index (Phi) is 6.97. The van der Waals surface area contributed by atoms with Crippen LogP contribution in [0.15, 0.2) is 77.8 Å². The van der Waals surface area contributed by atoms with E-state index in [4.69, 9.17) is 11.5 Å². The first-order valence-corrected chi connectivity index (χ1v) is 13.4. The lowest BCUT2D eigenvalue weighted by Gasteiger charge is -2.13. The molecule has 6 N–H and O–H groups in total. The topological polar surface area (TPSA) is 153 Å². The molecule has 0 radical (unpaired) electrons. The van der Waals surface area contributed by atoms with Crippen LogP contribution in [0.1, 0.15) is 10.4 Å². The lowest BCUT2D eigenvalue weighted by molar-refractivity contribution is 0.0959. The Morgan fingerprint density at radius 1 is 0.829 bits per heavy atom. The molecule has 0 unspecified atom stereocenters. The minimum absolute atomic E-state index is 0.154. The second kappa shape index (κ2) is 10.4. The number of nitrogens with zero attached hydrogens (tertiary/aromatic N) is 2. The summed E-state index contributed by atoms with van der Waals surface area (Å²) >= 11 is 0. The third kappa shape index (κ3) is 5.34. The highest BCUT2D eigenvalue weighted by atomic mass is 32.2. The van der Waals surface area contributed by atoms with Gasteiger partial charge in [-0.05, 0) is 59.7 Å². The van der Waals surface area contributed by atoms with Crippen molar-refractivity contribution in [3.63, 3.8) is 0 Å². The third-order valence-corrected chi connectivity index (χ3v) is 7.67. The average molecular weight is 579 g/mol. The number of carbonyl (C=O) groups is 1. The Balaban J connectivity index is 1.55. The maximum absolute atomic E-state index is 14.2. The number of amides is 1. The SMILES string of the molecule is CNC(=O)c1cc(-c2cc3cc(-c4cnc(N)c(S(=O)(=O)Nc5ccc(F)cc5F)c4)ccc3nc2N)ccc1F. The number of benzene rings is 3. The van der Waals surface area contributed by atoms with Gasteiger partial charge in [-0.25, -0.2) is 31.6 Å². The van der Waals surface area contributed by atoms with Gasteiger partial charge in [0.2, 0.25) is 0 Å². The van der Waals surface area contributed by atoms with Gasteiger partial charge in [0.15, 0.2) is 0 Å². The van der Waals surface area contributed by atoms with Crippen LogP contribution < -0.4 is 21.5 Å². The minimum Gasteiger partial charge on any atom is -0.383 e. The molecule has 0 aliphatic rings. The molecule has 2 aromatic heterocycles. The Morgan fingerprint density at radius 3 is 2.32 bits per heavy atom. The number of pyridine rings is 2. The number of halogens is 3. The second-order valence-electron chi connectivity index (χ2n) is 8.94. The van der Waals surface area contributed by atoms with Crippen LogP contribution in [0.3, 0.4) is 0 Å². The first kappa shape index (κ1) is 27.4. The summed E-state index contributed by atoms with van der Waals surface area (Å²) in [6.07, 6.45) is 1.37. The van der Waals surface area contributed by atoms with E-state index in [9.17, 15) is 26.4 Å². The number of rotatable bonds is 6. The first-order valence-electron chi connectivity index (χ1n) is 11.9. The van der Waals surface area contributed by atoms with Gasteiger partial charge >= 0.3 is 0 Å². The van der Waals surface area contributed by atoms with Crippen LogP contribution in [0.25, 0.3) is 33.2 Å². The summed E-state index contributed by atoms with van der Waals surface area (Å²) in [6, 6.07) is 14.5. The fourth-order valence-corrected chi connectivity index (χ4v) is 5.38. The van der Waals surface area contributed by atoms with Crippen molar-refractivity contribution in [1.29, 1.82) is 0 Å². The Hall–Kier alpha value is -5.17. The zero-order valence-corrected chi connectivity index (χ0v) is 22.1. The first-order chi connectivity index (χ1) is 19.5. The molecule has 1 amide bonds. The molecule has 41 heavy (non-hydrogen) atoms. The molecule has 0 saturated heterocycles. The molecule has 3 aromatic carbocycles. The van der Waals surface area contributed by atoms with Crippen molar-refractivity contribution >= 4 is 44.2 Å². The van der Waals surface area contributed by atoms with E-state index in [-0.39, 0.29) is 17.2 Å². The quantitative estimate of drug-likeness (QED) is 0.228. The summed E-state index contributed by atoms with van der Waals surface area (Å²) in [5.74, 6) is -3.43. The average Bonchev–Trinajstić information content (AvgIpc) is 2.94. The summed E-state index contributed by atoms with van der Waals surface area (Å²) in [4.78, 5) is 20.1. The van der Waals surface area contributed by atoms with Crippen LogP contribution >= 0.6 is 0 Å². The van der Waals surface area contributed by atoms with Gasteiger partial charge < -0.3 is 16.8 Å². The van der Waals surface area contributed by atoms with Crippen LogP contribution in [-0.2, 0) is 10.0 Å². The molecule has 0 saturated carbocycles. The van der Waals surface area contributed by atoms with Crippen molar-refractivity contribution in [1.82, 2.24) is 15.3 Å². The summed E-state index contributed by atoms with van der Waals surface area (Å²) in [5.41, 5.74) is 13.7. The molecule has 0 spiro atoms. The van der Waals surface area contributed by atoms with Gasteiger partial charge in [0.05, 0.1) is 16.8 Å². The number of anilines is 3. The summed E-state index contributed by atoms with van der Waals surface area (Å²) in [7, 11) is -3.02. The summed E-state index contributed by atoms with van der Waals surface area (Å²) < 4.78 is 69.7. The number of nitrogens with two attached hydrogens (primary N) is 2. The van der Waals surface area contributed by atoms with Crippen molar-refractivity contribution in [2.45, 2.75) is 4.90 Å². The van der Waals surface area contributed by atoms with Gasteiger partial charge in [0.1, 0.15) is 34.0 Å². The van der Waals surface area contributed by atoms with Crippen molar-refractivity contribution in [2.75, 3.05) is 23.2 Å². The fraction of sp³-hybridized carbons (Fsp3) is 0.0357. The van der Waals surface area contributed by atoms with Crippen LogP contribution in [0.2, 0.25) is 0 Å². The largest absolute Gasteiger partial charge is 0.383 e. The van der Waals surface area contributed by atoms with Crippen molar-refractivity contribution in [3.05, 3.63) is 95.9 Å². The number of carbonyl (C=O) groups excluding carboxylic acids is 1. The monoisotopic (exact) mass is 578 g/mol. The molecule has 0 bridgehead atoms. The maximum atomic E-state index is 14.2. The highest BCUT2D eigenvalue weighted by Gasteiger charge is 2.22. The highest BCUT2D eigenvalue weighted by molar-refractivity contribution is 7.92. The number of nitrogen functional groups attached to an aromatic ring is 2. The van der Waals surface area contributed by atoms with Crippen LogP contribution in [0, 0.1) is 17.5 Å². The lowest BCUT2D eigenvalue weighted by atomic mass is 9.99. The smallest absolute Gasteiger partial charge is 0.265 e. The van der Waals surface area contributed by atoms with Gasteiger partial charge in [0.25, 0.3) is 15.9 Å². The molecule has 9 nitrogen and oxygen atoms in total. The van der Waals surface area contributed by atoms with E-state index in [0.717, 1.165) is 18.2 Å². The molecular weight excluding hydrogens is 557 g/mol. The van der Waals surface area contributed by atoms with Crippen LogP contribution in [0.4, 0.5) is 30.5 Å². The maximum Gasteiger partial charge on any atom is 0.265 e. The van der Waals surface area contributed by atoms with E-state index < -0.39 is 44.0 Å². The van der Waals surface area contributed by atoms with E-state index in [2.05, 4.69) is 20.0 Å². The highest BCUT2D eigenvalue weighted by Crippen LogP contribution is 2.33. The molecule has 0 atom stereocenters. The van der Waals surface area contributed by atoms with E-state index in [1.807, 2.05) is 0 Å². The third-order valence-electron chi connectivity index (χ3n) is 6.27. The van der Waals surface area contributed by atoms with Gasteiger partial charge in [-0.1, -0.05) is 12.1 Å². The molecule has 5 rings (SSSR count). The van der Waals surface area contributed by atoms with Crippen molar-refractivity contribution in [3.8, 4) is 22.3 Å². The number of sulfonamides is 1. The zero-order valence-electron chi connectivity index (χ0n) is 21.2. The molecule has 0 aliphatic carbocycles. The number of hydrogen-bond acceptors (Lipinski definition) is 7. The van der Waals surface area contributed by atoms with Crippen LogP contribution in [0.5, 0.6) is 0 Å². The Morgan fingerprint density at radius 2 is 1.59 bits per heavy atom. The molecule has 0 aliphatic heterocycles. The molecule has 0 fully saturated rings. The minimum atomic E-state index is -4.41. The normalized spacial score (nSPS) is 11.4. The van der Waals surface area contributed by atoms with Crippen molar-refractivity contribution in [2.24, 2.45) is 0 Å². The number of fused-ring (bicyclic) bond motifs is 1. The van der Waals surface area contributed by atoms with E-state index in [1.54, 1.807) is 24.3 Å². The second-order valence-corrected chi connectivity index (χ2v) is 10.6. The molecule has 208 valence electrons. The number of hydrogen-bond donors (Lipinski definition) is 4. The van der Waals surface area contributed by atoms with Crippen molar-refractivity contribution < 1.29 is 26.4 Å². The Labute approximate surface area is 232 Å². The van der Waals surface area contributed by atoms with Gasteiger partial charge in [-0.2, -0.15) is 0 Å². The molecule has 2 heterocycles. The van der Waals surface area contributed by atoms with E-state index in [0.29, 0.717) is 39.2 Å². The van der Waals surface area contributed by atoms with E-state index >= 15 is 0 Å². The lowest BCUT2D eigenvalue weighted by Crippen LogP contribution is -2.19. The van der Waals surface area contributed by atoms with Gasteiger partial charge in [0, 0.05) is 35.8 Å². The summed E-state index contributed by atoms with van der Waals surface area (Å²) in [6.45, 7) is 0. The fourth-order valence-electron chi connectivity index (χ4n) is 4.20. The Bertz CT molecular complexity index is 1970.